The Hall–Kier alpha value is -2.64. The molecule has 1 saturated carbocycles. The zero-order chi connectivity index (χ0) is 23.1. The van der Waals surface area contributed by atoms with E-state index in [-0.39, 0.29) is 10.5 Å². The quantitative estimate of drug-likeness (QED) is 0.539. The number of hydrazine groups is 1. The van der Waals surface area contributed by atoms with E-state index < -0.39 is 15.9 Å². The summed E-state index contributed by atoms with van der Waals surface area (Å²) in [4.78, 5) is 12.7. The first-order valence-electron chi connectivity index (χ1n) is 11.3. The molecule has 32 heavy (non-hydrogen) atoms. The summed E-state index contributed by atoms with van der Waals surface area (Å²) in [6.07, 6.45) is 6.42. The lowest BCUT2D eigenvalue weighted by Crippen LogP contribution is -2.36. The van der Waals surface area contributed by atoms with E-state index >= 15 is 0 Å². The van der Waals surface area contributed by atoms with Crippen molar-refractivity contribution in [1.82, 2.24) is 15.2 Å². The Balaban J connectivity index is 1.62. The van der Waals surface area contributed by atoms with E-state index in [1.807, 2.05) is 12.1 Å². The second-order valence-electron chi connectivity index (χ2n) is 8.13. The van der Waals surface area contributed by atoms with E-state index in [0.717, 1.165) is 5.56 Å². The Morgan fingerprint density at radius 3 is 2.25 bits per heavy atom. The standard InChI is InChI=1S/C25H33N3O3S/c1-4-28(5-2)32(30,31)24-13-9-12-23(18-24)25(29)27-26-19(3)20-14-16-22(17-15-20)21-10-7-6-8-11-21/h9,12-18,21,26H,3-8,10-11H2,1-2H3,(H,27,29). The molecule has 6 nitrogen and oxygen atoms in total. The number of carbonyl (C=O) groups excluding carboxylic acids is 1. The Morgan fingerprint density at radius 1 is 0.969 bits per heavy atom. The Kier molecular flexibility index (Phi) is 8.10. The molecule has 1 aliphatic rings. The topological polar surface area (TPSA) is 78.5 Å². The van der Waals surface area contributed by atoms with Gasteiger partial charge in [0.05, 0.1) is 10.6 Å². The van der Waals surface area contributed by atoms with Gasteiger partial charge in [0.1, 0.15) is 0 Å². The molecule has 0 atom stereocenters. The lowest BCUT2D eigenvalue weighted by atomic mass is 9.84. The number of rotatable bonds is 9. The van der Waals surface area contributed by atoms with Crippen molar-refractivity contribution >= 4 is 21.6 Å². The minimum Gasteiger partial charge on any atom is -0.298 e. The van der Waals surface area contributed by atoms with Crippen molar-refractivity contribution in [2.24, 2.45) is 0 Å². The van der Waals surface area contributed by atoms with Crippen LogP contribution < -0.4 is 10.9 Å². The fourth-order valence-corrected chi connectivity index (χ4v) is 5.68. The van der Waals surface area contributed by atoms with Crippen molar-refractivity contribution in [2.45, 2.75) is 56.8 Å². The smallest absolute Gasteiger partial charge is 0.269 e. The highest BCUT2D eigenvalue weighted by Gasteiger charge is 2.22. The number of nitrogens with one attached hydrogen (secondary N) is 2. The van der Waals surface area contributed by atoms with Crippen LogP contribution in [0.1, 0.15) is 73.4 Å². The van der Waals surface area contributed by atoms with Gasteiger partial charge in [0.25, 0.3) is 5.91 Å². The number of carbonyl (C=O) groups is 1. The van der Waals surface area contributed by atoms with Gasteiger partial charge in [0, 0.05) is 18.7 Å². The highest BCUT2D eigenvalue weighted by atomic mass is 32.2. The molecular weight excluding hydrogens is 422 g/mol. The van der Waals surface area contributed by atoms with Gasteiger partial charge >= 0.3 is 0 Å². The van der Waals surface area contributed by atoms with Crippen LogP contribution in [-0.4, -0.2) is 31.7 Å². The fraction of sp³-hybridized carbons (Fsp3) is 0.400. The van der Waals surface area contributed by atoms with Gasteiger partial charge in [-0.1, -0.05) is 70.0 Å². The summed E-state index contributed by atoms with van der Waals surface area (Å²) in [7, 11) is -3.63. The first-order chi connectivity index (χ1) is 15.4. The first-order valence-corrected chi connectivity index (χ1v) is 12.8. The summed E-state index contributed by atoms with van der Waals surface area (Å²) in [5.41, 5.74) is 8.53. The summed E-state index contributed by atoms with van der Waals surface area (Å²) in [5.74, 6) is 0.209. The highest BCUT2D eigenvalue weighted by molar-refractivity contribution is 7.89. The zero-order valence-electron chi connectivity index (χ0n) is 18.9. The van der Waals surface area contributed by atoms with Gasteiger partial charge in [-0.3, -0.25) is 15.6 Å². The largest absolute Gasteiger partial charge is 0.298 e. The van der Waals surface area contributed by atoms with Gasteiger partial charge in [0.2, 0.25) is 10.0 Å². The molecule has 0 bridgehead atoms. The third-order valence-electron chi connectivity index (χ3n) is 6.10. The number of sulfonamides is 1. The molecule has 7 heteroatoms. The number of nitrogens with zero attached hydrogens (tertiary/aromatic N) is 1. The van der Waals surface area contributed by atoms with Crippen molar-refractivity contribution in [1.29, 1.82) is 0 Å². The number of benzene rings is 2. The average Bonchev–Trinajstić information content (AvgIpc) is 2.83. The molecule has 2 aromatic carbocycles. The molecule has 2 N–H and O–H groups in total. The maximum absolute atomic E-state index is 12.7. The molecule has 1 aliphatic carbocycles. The van der Waals surface area contributed by atoms with Crippen LogP contribution in [0.4, 0.5) is 0 Å². The number of amides is 1. The maximum Gasteiger partial charge on any atom is 0.269 e. The summed E-state index contributed by atoms with van der Waals surface area (Å²) >= 11 is 0. The molecule has 0 aromatic heterocycles. The maximum atomic E-state index is 12.7. The van der Waals surface area contributed by atoms with E-state index in [4.69, 9.17) is 0 Å². The van der Waals surface area contributed by atoms with Gasteiger partial charge in [-0.25, -0.2) is 8.42 Å². The SMILES string of the molecule is C=C(NNC(=O)c1cccc(S(=O)(=O)N(CC)CC)c1)c1ccc(C2CCCCC2)cc1. The predicted octanol–water partition coefficient (Wildman–Crippen LogP) is 4.67. The summed E-state index contributed by atoms with van der Waals surface area (Å²) < 4.78 is 26.8. The predicted molar refractivity (Wildman–Crippen MR) is 128 cm³/mol. The van der Waals surface area contributed by atoms with Gasteiger partial charge in [-0.15, -0.1) is 0 Å². The van der Waals surface area contributed by atoms with E-state index in [9.17, 15) is 13.2 Å². The molecule has 172 valence electrons. The number of hydrogen-bond donors (Lipinski definition) is 2. The molecule has 0 unspecified atom stereocenters. The highest BCUT2D eigenvalue weighted by Crippen LogP contribution is 2.32. The minimum absolute atomic E-state index is 0.103. The Bertz CT molecular complexity index is 1040. The molecule has 0 saturated heterocycles. The van der Waals surface area contributed by atoms with Gasteiger partial charge < -0.3 is 0 Å². The van der Waals surface area contributed by atoms with Crippen molar-refractivity contribution in [3.05, 3.63) is 71.8 Å². The molecule has 0 radical (unpaired) electrons. The zero-order valence-corrected chi connectivity index (χ0v) is 19.7. The lowest BCUT2D eigenvalue weighted by molar-refractivity contribution is 0.0942. The van der Waals surface area contributed by atoms with Crippen LogP contribution in [0.15, 0.2) is 60.0 Å². The third-order valence-corrected chi connectivity index (χ3v) is 8.15. The first kappa shape index (κ1) is 24.0. The Morgan fingerprint density at radius 2 is 1.62 bits per heavy atom. The molecule has 0 aliphatic heterocycles. The fourth-order valence-electron chi connectivity index (χ4n) is 4.18. The van der Waals surface area contributed by atoms with Gasteiger partial charge in [0.15, 0.2) is 0 Å². The van der Waals surface area contributed by atoms with E-state index in [1.165, 1.54) is 54.1 Å². The van der Waals surface area contributed by atoms with Crippen LogP contribution in [-0.2, 0) is 10.0 Å². The minimum atomic E-state index is -3.63. The van der Waals surface area contributed by atoms with Crippen LogP contribution in [0.5, 0.6) is 0 Å². The monoisotopic (exact) mass is 455 g/mol. The van der Waals surface area contributed by atoms with Crippen molar-refractivity contribution in [3.63, 3.8) is 0 Å². The second kappa shape index (κ2) is 10.8. The molecule has 1 amide bonds. The molecular formula is C25H33N3O3S. The Labute approximate surface area is 191 Å². The van der Waals surface area contributed by atoms with E-state index in [2.05, 4.69) is 29.6 Å². The van der Waals surface area contributed by atoms with Crippen LogP contribution in [0.3, 0.4) is 0 Å². The van der Waals surface area contributed by atoms with Gasteiger partial charge in [-0.05, 0) is 48.1 Å². The summed E-state index contributed by atoms with van der Waals surface area (Å²) in [5, 5.41) is 0. The van der Waals surface area contributed by atoms with Crippen LogP contribution in [0, 0.1) is 0 Å². The molecule has 0 heterocycles. The lowest BCUT2D eigenvalue weighted by Gasteiger charge is -2.22. The second-order valence-corrected chi connectivity index (χ2v) is 10.1. The third kappa shape index (κ3) is 5.58. The van der Waals surface area contributed by atoms with Crippen molar-refractivity contribution in [2.75, 3.05) is 13.1 Å². The summed E-state index contributed by atoms with van der Waals surface area (Å²) in [6, 6.07) is 14.4. The van der Waals surface area contributed by atoms with Crippen LogP contribution >= 0.6 is 0 Å². The summed E-state index contributed by atoms with van der Waals surface area (Å²) in [6.45, 7) is 8.32. The molecule has 2 aromatic rings. The van der Waals surface area contributed by atoms with Crippen molar-refractivity contribution in [3.8, 4) is 0 Å². The number of hydrogen-bond acceptors (Lipinski definition) is 4. The molecule has 0 spiro atoms. The van der Waals surface area contributed by atoms with Crippen molar-refractivity contribution < 1.29 is 13.2 Å². The average molecular weight is 456 g/mol. The molecule has 3 rings (SSSR count). The normalized spacial score (nSPS) is 14.8. The van der Waals surface area contributed by atoms with Gasteiger partial charge in [-0.2, -0.15) is 4.31 Å². The van der Waals surface area contributed by atoms with E-state index in [1.54, 1.807) is 26.0 Å². The molecule has 1 fully saturated rings. The van der Waals surface area contributed by atoms with E-state index in [0.29, 0.717) is 24.7 Å². The van der Waals surface area contributed by atoms with Crippen LogP contribution in [0.25, 0.3) is 5.70 Å². The van der Waals surface area contributed by atoms with Crippen LogP contribution in [0.2, 0.25) is 0 Å².